The van der Waals surface area contributed by atoms with Crippen molar-refractivity contribution in [3.05, 3.63) is 89.5 Å². The van der Waals surface area contributed by atoms with Crippen molar-refractivity contribution < 1.29 is 55.3 Å². The van der Waals surface area contributed by atoms with E-state index in [1.54, 1.807) is 19.2 Å². The maximum Gasteiger partial charge on any atom is 0.409 e. The molecule has 0 atom stereocenters. The van der Waals surface area contributed by atoms with E-state index in [4.69, 9.17) is 42.1 Å². The number of aryl methyl sites for hydroxylation is 1. The highest BCUT2D eigenvalue weighted by atomic mass is 32.2. The Balaban J connectivity index is 0.852. The lowest BCUT2D eigenvalue weighted by Crippen LogP contribution is -2.32. The van der Waals surface area contributed by atoms with Crippen LogP contribution < -0.4 is 0 Å². The minimum atomic E-state index is -3.78. The summed E-state index contributed by atoms with van der Waals surface area (Å²) in [5.74, 6) is 0.0307. The molecule has 0 aromatic heterocycles. The zero-order chi connectivity index (χ0) is 37.6. The summed E-state index contributed by atoms with van der Waals surface area (Å²) in [6.45, 7) is 8.10. The van der Waals surface area contributed by atoms with Gasteiger partial charge in [0.25, 0.3) is 10.1 Å². The van der Waals surface area contributed by atoms with Crippen molar-refractivity contribution in [1.29, 1.82) is 0 Å². The highest BCUT2D eigenvalue weighted by Crippen LogP contribution is 2.44. The van der Waals surface area contributed by atoms with E-state index >= 15 is 0 Å². The van der Waals surface area contributed by atoms with Crippen molar-refractivity contribution in [1.82, 2.24) is 4.90 Å². The highest BCUT2D eigenvalue weighted by molar-refractivity contribution is 7.86. The summed E-state index contributed by atoms with van der Waals surface area (Å²) in [5.41, 5.74) is 5.74. The third-order valence-corrected chi connectivity index (χ3v) is 9.55. The van der Waals surface area contributed by atoms with Crippen LogP contribution >= 0.6 is 0 Å². The summed E-state index contributed by atoms with van der Waals surface area (Å²) >= 11 is 0. The fourth-order valence-electron chi connectivity index (χ4n) is 5.39. The Kier molecular flexibility index (Phi) is 19.2. The number of hydrogen-bond acceptors (Lipinski definition) is 12. The number of fused-ring (bicyclic) bond motifs is 3. The largest absolute Gasteiger partial charge is 0.448 e. The number of nitrogens with zero attached hydrogens (tertiary/aromatic N) is 1. The third kappa shape index (κ3) is 15.1. The number of hydrogen-bond donors (Lipinski definition) is 0. The van der Waals surface area contributed by atoms with Crippen LogP contribution in [0.25, 0.3) is 11.1 Å². The Morgan fingerprint density at radius 2 is 0.962 bits per heavy atom. The maximum absolute atomic E-state index is 12.6. The highest BCUT2D eigenvalue weighted by Gasteiger charge is 2.29. The topological polar surface area (TPSA) is 138 Å². The van der Waals surface area contributed by atoms with Crippen molar-refractivity contribution in [2.24, 2.45) is 0 Å². The number of carbonyl (C=O) groups excluding carboxylic acids is 1. The number of amides is 1. The van der Waals surface area contributed by atoms with Crippen LogP contribution in [-0.4, -0.2) is 139 Å². The van der Waals surface area contributed by atoms with Gasteiger partial charge in [-0.25, -0.2) is 4.79 Å². The van der Waals surface area contributed by atoms with E-state index in [9.17, 15) is 13.2 Å². The van der Waals surface area contributed by atoms with Gasteiger partial charge in [0.1, 0.15) is 6.61 Å². The Hall–Kier alpha value is -3.44. The first-order valence-electron chi connectivity index (χ1n) is 17.9. The van der Waals surface area contributed by atoms with E-state index in [1.165, 1.54) is 39.3 Å². The molecular weight excluding hydrogens is 706 g/mol. The van der Waals surface area contributed by atoms with Gasteiger partial charge in [0.15, 0.2) is 0 Å². The van der Waals surface area contributed by atoms with Crippen LogP contribution in [0, 0.1) is 6.92 Å². The smallest absolute Gasteiger partial charge is 0.409 e. The van der Waals surface area contributed by atoms with Gasteiger partial charge >= 0.3 is 6.09 Å². The number of ether oxygens (including phenoxy) is 8. The van der Waals surface area contributed by atoms with Crippen LogP contribution in [0.3, 0.4) is 0 Å². The van der Waals surface area contributed by atoms with Gasteiger partial charge in [0.2, 0.25) is 0 Å². The average molecular weight is 760 g/mol. The lowest BCUT2D eigenvalue weighted by atomic mass is 9.98. The molecule has 0 bridgehead atoms. The van der Waals surface area contributed by atoms with E-state index < -0.39 is 10.1 Å². The van der Waals surface area contributed by atoms with Crippen LogP contribution in [0.1, 0.15) is 22.6 Å². The molecular formula is C39H53NO12S. The summed E-state index contributed by atoms with van der Waals surface area (Å²) in [6, 6.07) is 23.0. The molecule has 0 fully saturated rings. The van der Waals surface area contributed by atoms with Gasteiger partial charge in [-0.05, 0) is 41.3 Å². The third-order valence-electron chi connectivity index (χ3n) is 8.23. The molecule has 0 saturated heterocycles. The Morgan fingerprint density at radius 3 is 1.42 bits per heavy atom. The molecule has 14 heteroatoms. The zero-order valence-electron chi connectivity index (χ0n) is 30.8. The second-order valence-electron chi connectivity index (χ2n) is 12.1. The number of benzene rings is 3. The molecule has 13 nitrogen and oxygen atoms in total. The summed E-state index contributed by atoms with van der Waals surface area (Å²) < 4.78 is 73.2. The first-order chi connectivity index (χ1) is 25.9. The molecule has 0 saturated carbocycles. The predicted octanol–water partition coefficient (Wildman–Crippen LogP) is 4.70. The molecule has 53 heavy (non-hydrogen) atoms. The summed E-state index contributed by atoms with van der Waals surface area (Å²) in [6.07, 6.45) is -0.374. The van der Waals surface area contributed by atoms with Crippen molar-refractivity contribution in [3.63, 3.8) is 0 Å². The molecule has 0 N–H and O–H groups in total. The van der Waals surface area contributed by atoms with E-state index in [0.29, 0.717) is 92.4 Å². The van der Waals surface area contributed by atoms with Gasteiger partial charge < -0.3 is 42.8 Å². The second-order valence-corrected chi connectivity index (χ2v) is 13.7. The van der Waals surface area contributed by atoms with Crippen molar-refractivity contribution in [2.75, 3.05) is 119 Å². The number of carbonyl (C=O) groups is 1. The van der Waals surface area contributed by atoms with Crippen LogP contribution in [-0.2, 0) is 52.2 Å². The molecule has 3 aromatic carbocycles. The van der Waals surface area contributed by atoms with Crippen molar-refractivity contribution >= 4 is 16.2 Å². The Bertz CT molecular complexity index is 1540. The minimum Gasteiger partial charge on any atom is -0.448 e. The van der Waals surface area contributed by atoms with Gasteiger partial charge in [-0.1, -0.05) is 66.2 Å². The quantitative estimate of drug-likeness (QED) is 0.0750. The lowest BCUT2D eigenvalue weighted by Gasteiger charge is -2.19. The summed E-state index contributed by atoms with van der Waals surface area (Å²) in [7, 11) is -2.08. The molecule has 3 aromatic rings. The van der Waals surface area contributed by atoms with E-state index in [-0.39, 0.29) is 36.7 Å². The molecule has 1 amide bonds. The molecule has 0 heterocycles. The second kappa shape index (κ2) is 24.1. The maximum atomic E-state index is 12.6. The number of likely N-dealkylation sites (N-methyl/N-ethyl adjacent to an activating group) is 1. The molecule has 0 spiro atoms. The molecule has 0 aliphatic heterocycles. The first kappa shape index (κ1) is 42.3. The molecule has 292 valence electrons. The van der Waals surface area contributed by atoms with E-state index in [1.807, 2.05) is 31.2 Å². The Labute approximate surface area is 313 Å². The van der Waals surface area contributed by atoms with Crippen LogP contribution in [0.5, 0.6) is 0 Å². The molecule has 4 rings (SSSR count). The minimum absolute atomic E-state index is 0.0307. The average Bonchev–Trinajstić information content (AvgIpc) is 3.49. The fraction of sp³-hybridized carbons (Fsp3) is 0.513. The van der Waals surface area contributed by atoms with Gasteiger partial charge in [0.05, 0.1) is 104 Å². The van der Waals surface area contributed by atoms with Gasteiger partial charge in [-0.15, -0.1) is 0 Å². The normalized spacial score (nSPS) is 12.5. The molecule has 0 unspecified atom stereocenters. The predicted molar refractivity (Wildman–Crippen MR) is 198 cm³/mol. The van der Waals surface area contributed by atoms with Crippen LogP contribution in [0.15, 0.2) is 77.7 Å². The van der Waals surface area contributed by atoms with E-state index in [0.717, 1.165) is 5.56 Å². The fourth-order valence-corrected chi connectivity index (χ4v) is 6.29. The standard InChI is InChI=1S/C39H53NO12S/c1-32-11-13-33(14-12-32)53(42,43)52-30-29-50-28-27-49-26-25-48-24-23-47-22-21-46-20-19-45-18-17-44-16-15-40(2)39(41)51-31-38-36-9-5-3-7-34(36)35-8-4-6-10-37(35)38/h3-14,38H,15-31H2,1-2H3. The lowest BCUT2D eigenvalue weighted by molar-refractivity contribution is -0.0215. The summed E-state index contributed by atoms with van der Waals surface area (Å²) in [4.78, 5) is 14.2. The SMILES string of the molecule is Cc1ccc(S(=O)(=O)OCCOCCOCCOCCOCCOCCOCCOCCN(C)C(=O)OCC2c3ccccc3-c3ccccc32)cc1. The van der Waals surface area contributed by atoms with Crippen molar-refractivity contribution in [2.45, 2.75) is 17.7 Å². The monoisotopic (exact) mass is 759 g/mol. The van der Waals surface area contributed by atoms with E-state index in [2.05, 4.69) is 24.3 Å². The summed E-state index contributed by atoms with van der Waals surface area (Å²) in [5, 5.41) is 0. The van der Waals surface area contributed by atoms with Crippen LogP contribution in [0.2, 0.25) is 0 Å². The molecule has 0 radical (unpaired) electrons. The zero-order valence-corrected chi connectivity index (χ0v) is 31.6. The van der Waals surface area contributed by atoms with Gasteiger partial charge in [-0.2, -0.15) is 8.42 Å². The molecule has 1 aliphatic carbocycles. The number of rotatable bonds is 28. The van der Waals surface area contributed by atoms with Gasteiger partial charge in [0, 0.05) is 19.5 Å². The first-order valence-corrected chi connectivity index (χ1v) is 19.3. The van der Waals surface area contributed by atoms with Crippen molar-refractivity contribution in [3.8, 4) is 11.1 Å². The molecule has 1 aliphatic rings. The Morgan fingerprint density at radius 1 is 0.566 bits per heavy atom. The van der Waals surface area contributed by atoms with Crippen LogP contribution in [0.4, 0.5) is 4.79 Å². The van der Waals surface area contributed by atoms with Gasteiger partial charge in [-0.3, -0.25) is 4.18 Å².